The standard InChI is InChI=1S/C7H10Cl2N4/c1-4(3-10)11-5-2-6(8)12-13-7(5)9/h2,4H,3,10H2,1H3,(H,11,12). The Morgan fingerprint density at radius 1 is 1.54 bits per heavy atom. The number of hydrogen-bond acceptors (Lipinski definition) is 4. The van der Waals surface area contributed by atoms with Crippen LogP contribution in [-0.2, 0) is 0 Å². The van der Waals surface area contributed by atoms with Gasteiger partial charge in [-0.1, -0.05) is 23.2 Å². The second kappa shape index (κ2) is 4.60. The molecule has 6 heteroatoms. The molecule has 0 radical (unpaired) electrons. The lowest BCUT2D eigenvalue weighted by atomic mass is 10.3. The van der Waals surface area contributed by atoms with Gasteiger partial charge in [-0.2, -0.15) is 0 Å². The maximum atomic E-state index is 5.76. The van der Waals surface area contributed by atoms with Crippen LogP contribution in [0.15, 0.2) is 6.07 Å². The number of nitrogens with zero attached hydrogens (tertiary/aromatic N) is 2. The van der Waals surface area contributed by atoms with Crippen LogP contribution in [0.25, 0.3) is 0 Å². The molecule has 0 spiro atoms. The minimum Gasteiger partial charge on any atom is -0.379 e. The third kappa shape index (κ3) is 2.99. The first-order chi connectivity index (χ1) is 6.13. The third-order valence-electron chi connectivity index (χ3n) is 1.47. The van der Waals surface area contributed by atoms with E-state index >= 15 is 0 Å². The van der Waals surface area contributed by atoms with Crippen LogP contribution in [0.3, 0.4) is 0 Å². The van der Waals surface area contributed by atoms with Gasteiger partial charge in [-0.15, -0.1) is 10.2 Å². The summed E-state index contributed by atoms with van der Waals surface area (Å²) in [5.41, 5.74) is 6.09. The summed E-state index contributed by atoms with van der Waals surface area (Å²) < 4.78 is 0. The highest BCUT2D eigenvalue weighted by Gasteiger charge is 2.06. The zero-order valence-corrected chi connectivity index (χ0v) is 8.60. The van der Waals surface area contributed by atoms with Crippen molar-refractivity contribution in [3.05, 3.63) is 16.4 Å². The predicted molar refractivity (Wildman–Crippen MR) is 54.2 cm³/mol. The van der Waals surface area contributed by atoms with Crippen molar-refractivity contribution in [3.63, 3.8) is 0 Å². The zero-order chi connectivity index (χ0) is 9.84. The Hall–Kier alpha value is -0.580. The summed E-state index contributed by atoms with van der Waals surface area (Å²) in [6.45, 7) is 2.45. The molecule has 0 aliphatic carbocycles. The largest absolute Gasteiger partial charge is 0.379 e. The minimum absolute atomic E-state index is 0.123. The van der Waals surface area contributed by atoms with Crippen LogP contribution in [0.5, 0.6) is 0 Å². The number of rotatable bonds is 3. The van der Waals surface area contributed by atoms with Crippen molar-refractivity contribution in [2.75, 3.05) is 11.9 Å². The fourth-order valence-electron chi connectivity index (χ4n) is 0.779. The Bertz CT molecular complexity index is 292. The molecule has 4 nitrogen and oxygen atoms in total. The van der Waals surface area contributed by atoms with Crippen molar-refractivity contribution in [3.8, 4) is 0 Å². The lowest BCUT2D eigenvalue weighted by molar-refractivity contribution is 0.801. The van der Waals surface area contributed by atoms with Gasteiger partial charge in [-0.05, 0) is 6.92 Å². The van der Waals surface area contributed by atoms with Gasteiger partial charge in [-0.3, -0.25) is 0 Å². The first kappa shape index (κ1) is 10.5. The second-order valence-corrected chi connectivity index (χ2v) is 3.40. The predicted octanol–water partition coefficient (Wildman–Crippen LogP) is 1.54. The van der Waals surface area contributed by atoms with E-state index in [9.17, 15) is 0 Å². The molecule has 1 rings (SSSR count). The smallest absolute Gasteiger partial charge is 0.174 e. The molecule has 0 amide bonds. The number of halogens is 2. The van der Waals surface area contributed by atoms with Gasteiger partial charge >= 0.3 is 0 Å². The van der Waals surface area contributed by atoms with Crippen LogP contribution < -0.4 is 11.1 Å². The molecule has 0 saturated heterocycles. The molecular weight excluding hydrogens is 211 g/mol. The molecule has 0 fully saturated rings. The summed E-state index contributed by atoms with van der Waals surface area (Å²) in [6, 6.07) is 1.74. The number of nitrogens with one attached hydrogen (secondary N) is 1. The fourth-order valence-corrected chi connectivity index (χ4v) is 1.07. The van der Waals surface area contributed by atoms with Crippen molar-refractivity contribution in [1.29, 1.82) is 0 Å². The molecule has 1 aromatic heterocycles. The van der Waals surface area contributed by atoms with Gasteiger partial charge in [0.25, 0.3) is 0 Å². The van der Waals surface area contributed by atoms with Crippen LogP contribution in [0.1, 0.15) is 6.92 Å². The van der Waals surface area contributed by atoms with Crippen LogP contribution in [0, 0.1) is 0 Å². The minimum atomic E-state index is 0.123. The maximum Gasteiger partial charge on any atom is 0.174 e. The quantitative estimate of drug-likeness (QED) is 0.812. The molecule has 0 bridgehead atoms. The first-order valence-electron chi connectivity index (χ1n) is 3.79. The van der Waals surface area contributed by atoms with E-state index in [1.54, 1.807) is 6.07 Å². The van der Waals surface area contributed by atoms with Crippen molar-refractivity contribution in [2.45, 2.75) is 13.0 Å². The van der Waals surface area contributed by atoms with Gasteiger partial charge < -0.3 is 11.1 Å². The highest BCUT2D eigenvalue weighted by molar-refractivity contribution is 6.33. The van der Waals surface area contributed by atoms with Gasteiger partial charge in [0, 0.05) is 18.7 Å². The van der Waals surface area contributed by atoms with Crippen LogP contribution in [0.4, 0.5) is 5.69 Å². The highest BCUT2D eigenvalue weighted by atomic mass is 35.5. The molecule has 13 heavy (non-hydrogen) atoms. The van der Waals surface area contributed by atoms with E-state index in [1.165, 1.54) is 0 Å². The fraction of sp³-hybridized carbons (Fsp3) is 0.429. The summed E-state index contributed by atoms with van der Waals surface area (Å²) in [5, 5.41) is 10.9. The monoisotopic (exact) mass is 220 g/mol. The van der Waals surface area contributed by atoms with Gasteiger partial charge in [0.15, 0.2) is 10.3 Å². The lowest BCUT2D eigenvalue weighted by Gasteiger charge is -2.12. The lowest BCUT2D eigenvalue weighted by Crippen LogP contribution is -2.25. The van der Waals surface area contributed by atoms with Crippen molar-refractivity contribution in [2.24, 2.45) is 5.73 Å². The third-order valence-corrected chi connectivity index (χ3v) is 1.94. The van der Waals surface area contributed by atoms with E-state index in [1.807, 2.05) is 6.92 Å². The summed E-state index contributed by atoms with van der Waals surface area (Å²) >= 11 is 11.4. The maximum absolute atomic E-state index is 5.76. The summed E-state index contributed by atoms with van der Waals surface area (Å²) in [4.78, 5) is 0. The van der Waals surface area contributed by atoms with E-state index in [0.29, 0.717) is 22.5 Å². The van der Waals surface area contributed by atoms with E-state index in [-0.39, 0.29) is 6.04 Å². The Balaban J connectivity index is 2.81. The van der Waals surface area contributed by atoms with Crippen molar-refractivity contribution < 1.29 is 0 Å². The highest BCUT2D eigenvalue weighted by Crippen LogP contribution is 2.21. The van der Waals surface area contributed by atoms with E-state index < -0.39 is 0 Å². The Morgan fingerprint density at radius 3 is 2.85 bits per heavy atom. The Morgan fingerprint density at radius 2 is 2.23 bits per heavy atom. The van der Waals surface area contributed by atoms with Crippen molar-refractivity contribution >= 4 is 28.9 Å². The first-order valence-corrected chi connectivity index (χ1v) is 4.54. The van der Waals surface area contributed by atoms with Crippen LogP contribution in [-0.4, -0.2) is 22.8 Å². The summed E-state index contributed by atoms with van der Waals surface area (Å²) in [6.07, 6.45) is 0. The molecule has 0 aliphatic rings. The second-order valence-electron chi connectivity index (χ2n) is 2.65. The molecule has 0 saturated carbocycles. The van der Waals surface area contributed by atoms with Gasteiger partial charge in [-0.25, -0.2) is 0 Å². The molecular formula is C7H10Cl2N4. The van der Waals surface area contributed by atoms with Crippen LogP contribution in [0.2, 0.25) is 10.3 Å². The topological polar surface area (TPSA) is 63.8 Å². The van der Waals surface area contributed by atoms with Gasteiger partial charge in [0.2, 0.25) is 0 Å². The normalized spacial score (nSPS) is 12.6. The van der Waals surface area contributed by atoms with Gasteiger partial charge in [0.05, 0.1) is 5.69 Å². The number of nitrogens with two attached hydrogens (primary N) is 1. The number of aromatic nitrogens is 2. The Labute approximate surface area is 86.4 Å². The number of anilines is 1. The van der Waals surface area contributed by atoms with Gasteiger partial charge in [0.1, 0.15) is 0 Å². The molecule has 1 unspecified atom stereocenters. The average Bonchev–Trinajstić information content (AvgIpc) is 2.11. The van der Waals surface area contributed by atoms with E-state index in [0.717, 1.165) is 0 Å². The SMILES string of the molecule is CC(CN)Nc1cc(Cl)nnc1Cl. The molecule has 1 aromatic rings. The molecule has 0 aliphatic heterocycles. The molecule has 1 atom stereocenters. The van der Waals surface area contributed by atoms with E-state index in [2.05, 4.69) is 15.5 Å². The number of hydrogen-bond donors (Lipinski definition) is 2. The summed E-state index contributed by atoms with van der Waals surface area (Å²) in [5.74, 6) is 0. The van der Waals surface area contributed by atoms with Crippen molar-refractivity contribution in [1.82, 2.24) is 10.2 Å². The zero-order valence-electron chi connectivity index (χ0n) is 7.09. The molecule has 0 aromatic carbocycles. The Kier molecular flexibility index (Phi) is 3.71. The molecule has 1 heterocycles. The summed E-state index contributed by atoms with van der Waals surface area (Å²) in [7, 11) is 0. The molecule has 72 valence electrons. The molecule has 3 N–H and O–H groups in total. The van der Waals surface area contributed by atoms with E-state index in [4.69, 9.17) is 28.9 Å². The average molecular weight is 221 g/mol. The van der Waals surface area contributed by atoms with Crippen LogP contribution >= 0.6 is 23.2 Å².